The molecule has 0 aromatic heterocycles. The molecule has 1 aliphatic rings. The summed E-state index contributed by atoms with van der Waals surface area (Å²) < 4.78 is 11.7. The number of ketones is 1. The highest BCUT2D eigenvalue weighted by Gasteiger charge is 2.46. The number of hydrogen-bond acceptors (Lipinski definition) is 3. The molecule has 1 aromatic rings. The van der Waals surface area contributed by atoms with Crippen LogP contribution in [-0.2, 0) is 15.6 Å². The third-order valence-corrected chi connectivity index (χ3v) is 7.96. The van der Waals surface area contributed by atoms with Crippen molar-refractivity contribution in [3.8, 4) is 0 Å². The van der Waals surface area contributed by atoms with Crippen molar-refractivity contribution in [2.45, 2.75) is 36.7 Å². The molecule has 0 radical (unpaired) electrons. The molecule has 3 atom stereocenters. The molecule has 0 spiro atoms. The Labute approximate surface area is 121 Å². The van der Waals surface area contributed by atoms with Gasteiger partial charge in [0, 0.05) is 22.5 Å². The molecule has 0 unspecified atom stereocenters. The lowest BCUT2D eigenvalue weighted by molar-refractivity contribution is -0.120. The zero-order valence-electron chi connectivity index (χ0n) is 11.4. The van der Waals surface area contributed by atoms with Gasteiger partial charge in [0.1, 0.15) is 4.08 Å². The summed E-state index contributed by atoms with van der Waals surface area (Å²) in [5, 5.41) is 0. The van der Waals surface area contributed by atoms with Crippen LogP contribution in [0, 0.1) is 0 Å². The summed E-state index contributed by atoms with van der Waals surface area (Å²) in [5.74, 6) is 1.54. The van der Waals surface area contributed by atoms with Crippen molar-refractivity contribution in [3.05, 3.63) is 35.9 Å². The van der Waals surface area contributed by atoms with E-state index in [-0.39, 0.29) is 11.7 Å². The molecule has 0 aliphatic carbocycles. The first kappa shape index (κ1) is 14.8. The summed E-state index contributed by atoms with van der Waals surface area (Å²) in [7, 11) is -1.05. The third-order valence-electron chi connectivity index (χ3n) is 3.71. The molecular formula is C15H20O2S2. The normalized spacial score (nSPS) is 28.8. The fourth-order valence-corrected chi connectivity index (χ4v) is 6.31. The van der Waals surface area contributed by atoms with Crippen molar-refractivity contribution in [2.24, 2.45) is 0 Å². The van der Waals surface area contributed by atoms with Gasteiger partial charge < -0.3 is 0 Å². The Balaban J connectivity index is 2.28. The van der Waals surface area contributed by atoms with Gasteiger partial charge in [0.25, 0.3) is 0 Å². The lowest BCUT2D eigenvalue weighted by Gasteiger charge is -2.35. The van der Waals surface area contributed by atoms with E-state index in [0.717, 1.165) is 17.7 Å². The van der Waals surface area contributed by atoms with Crippen LogP contribution in [0.5, 0.6) is 0 Å². The number of Topliss-reactive ketones (excluding diaryl/α,β-unsaturated/α-hetero) is 1. The predicted molar refractivity (Wildman–Crippen MR) is 83.0 cm³/mol. The highest BCUT2D eigenvalue weighted by atomic mass is 32.2. The van der Waals surface area contributed by atoms with Crippen LogP contribution in [0.4, 0.5) is 0 Å². The van der Waals surface area contributed by atoms with Crippen molar-refractivity contribution in [1.29, 1.82) is 0 Å². The smallest absolute Gasteiger partial charge is 0.168 e. The molecule has 19 heavy (non-hydrogen) atoms. The molecule has 0 amide bonds. The van der Waals surface area contributed by atoms with Crippen LogP contribution in [0.15, 0.2) is 30.3 Å². The Morgan fingerprint density at radius 2 is 2.11 bits per heavy atom. The van der Waals surface area contributed by atoms with Crippen LogP contribution in [0.2, 0.25) is 0 Å². The number of thioether (sulfide) groups is 1. The van der Waals surface area contributed by atoms with Gasteiger partial charge in [0.05, 0.1) is 0 Å². The van der Waals surface area contributed by atoms with E-state index in [4.69, 9.17) is 0 Å². The van der Waals surface area contributed by atoms with Gasteiger partial charge >= 0.3 is 0 Å². The van der Waals surface area contributed by atoms with E-state index < -0.39 is 14.9 Å². The van der Waals surface area contributed by atoms with Crippen LogP contribution < -0.4 is 0 Å². The summed E-state index contributed by atoms with van der Waals surface area (Å²) in [6, 6.07) is 9.79. The summed E-state index contributed by atoms with van der Waals surface area (Å²) in [4.78, 5) is 12.8. The van der Waals surface area contributed by atoms with Crippen molar-refractivity contribution >= 4 is 28.3 Å². The zero-order chi connectivity index (χ0) is 13.9. The quantitative estimate of drug-likeness (QED) is 0.854. The molecule has 0 bridgehead atoms. The standard InChI is InChI=1S/C15H20O2S2/c1-3-15(18-10-7-11-19(15)17)14(16)12(2)13-8-5-4-6-9-13/h4-6,8-9,12H,3,7,10-11H2,1-2H3/t12-,15-,19-/m1/s1. The largest absolute Gasteiger partial charge is 0.296 e. The lowest BCUT2D eigenvalue weighted by atomic mass is 9.94. The minimum Gasteiger partial charge on any atom is -0.296 e. The van der Waals surface area contributed by atoms with Gasteiger partial charge in [-0.3, -0.25) is 9.00 Å². The van der Waals surface area contributed by atoms with E-state index >= 15 is 0 Å². The highest BCUT2D eigenvalue weighted by molar-refractivity contribution is 8.14. The molecule has 0 N–H and O–H groups in total. The Bertz CT molecular complexity index is 472. The highest BCUT2D eigenvalue weighted by Crippen LogP contribution is 2.41. The van der Waals surface area contributed by atoms with Crippen molar-refractivity contribution in [2.75, 3.05) is 11.5 Å². The van der Waals surface area contributed by atoms with Gasteiger partial charge in [0.15, 0.2) is 5.78 Å². The van der Waals surface area contributed by atoms with Crippen LogP contribution >= 0.6 is 11.8 Å². The molecule has 104 valence electrons. The summed E-state index contributed by atoms with van der Waals surface area (Å²) in [6.45, 7) is 3.91. The second kappa shape index (κ2) is 6.23. The topological polar surface area (TPSA) is 34.1 Å². The number of carbonyl (C=O) groups excluding carboxylic acids is 1. The first-order valence-corrected chi connectivity index (χ1v) is 9.04. The number of rotatable bonds is 4. The maximum Gasteiger partial charge on any atom is 0.168 e. The molecule has 4 heteroatoms. The van der Waals surface area contributed by atoms with E-state index in [1.165, 1.54) is 0 Å². The van der Waals surface area contributed by atoms with Gasteiger partial charge in [-0.1, -0.05) is 44.2 Å². The number of carbonyl (C=O) groups is 1. The predicted octanol–water partition coefficient (Wildman–Crippen LogP) is 3.35. The average molecular weight is 296 g/mol. The molecule has 2 nitrogen and oxygen atoms in total. The SMILES string of the molecule is CC[C@@]1(C(=O)[C@H](C)c2ccccc2)SCCC[S@]1=O. The van der Waals surface area contributed by atoms with E-state index in [1.807, 2.05) is 44.2 Å². The minimum absolute atomic E-state index is 0.129. The van der Waals surface area contributed by atoms with Gasteiger partial charge in [-0.05, 0) is 24.2 Å². The van der Waals surface area contributed by atoms with E-state index in [0.29, 0.717) is 12.2 Å². The Morgan fingerprint density at radius 1 is 1.42 bits per heavy atom. The number of benzene rings is 1. The molecule has 2 rings (SSSR count). The maximum absolute atomic E-state index is 12.8. The number of hydrogen-bond donors (Lipinski definition) is 0. The Hall–Kier alpha value is -0.610. The van der Waals surface area contributed by atoms with E-state index in [9.17, 15) is 9.00 Å². The summed E-state index contributed by atoms with van der Waals surface area (Å²) in [6.07, 6.45) is 1.60. The Morgan fingerprint density at radius 3 is 2.68 bits per heavy atom. The summed E-state index contributed by atoms with van der Waals surface area (Å²) >= 11 is 1.60. The maximum atomic E-state index is 12.8. The van der Waals surface area contributed by atoms with Crippen LogP contribution in [-0.4, -0.2) is 25.6 Å². The molecule has 1 fully saturated rings. The first-order valence-electron chi connectivity index (χ1n) is 6.73. The first-order chi connectivity index (χ1) is 9.12. The molecule has 1 heterocycles. The molecule has 1 aliphatic heterocycles. The fourth-order valence-electron chi connectivity index (χ4n) is 2.50. The van der Waals surface area contributed by atoms with Crippen LogP contribution in [0.25, 0.3) is 0 Å². The van der Waals surface area contributed by atoms with E-state index in [2.05, 4.69) is 0 Å². The van der Waals surface area contributed by atoms with Gasteiger partial charge in [-0.15, -0.1) is 11.8 Å². The van der Waals surface area contributed by atoms with Crippen LogP contribution in [0.1, 0.15) is 38.2 Å². The fraction of sp³-hybridized carbons (Fsp3) is 0.533. The van der Waals surface area contributed by atoms with Crippen molar-refractivity contribution in [1.82, 2.24) is 0 Å². The summed E-state index contributed by atoms with van der Waals surface area (Å²) in [5.41, 5.74) is 1.02. The van der Waals surface area contributed by atoms with Crippen molar-refractivity contribution < 1.29 is 9.00 Å². The lowest BCUT2D eigenvalue weighted by Crippen LogP contribution is -2.45. The van der Waals surface area contributed by atoms with Crippen molar-refractivity contribution in [3.63, 3.8) is 0 Å². The third kappa shape index (κ3) is 2.79. The minimum atomic E-state index is -1.05. The zero-order valence-corrected chi connectivity index (χ0v) is 13.1. The molecule has 1 aromatic carbocycles. The van der Waals surface area contributed by atoms with E-state index in [1.54, 1.807) is 11.8 Å². The second-order valence-electron chi connectivity index (χ2n) is 4.85. The van der Waals surface area contributed by atoms with Gasteiger partial charge in [-0.2, -0.15) is 0 Å². The van der Waals surface area contributed by atoms with Gasteiger partial charge in [0.2, 0.25) is 0 Å². The monoisotopic (exact) mass is 296 g/mol. The second-order valence-corrected chi connectivity index (χ2v) is 8.30. The average Bonchev–Trinajstić information content (AvgIpc) is 2.47. The molecular weight excluding hydrogens is 276 g/mol. The molecule has 1 saturated heterocycles. The Kier molecular flexibility index (Phi) is 4.85. The molecule has 0 saturated carbocycles. The van der Waals surface area contributed by atoms with Crippen LogP contribution in [0.3, 0.4) is 0 Å². The van der Waals surface area contributed by atoms with Gasteiger partial charge in [-0.25, -0.2) is 0 Å².